The number of anilines is 1. The van der Waals surface area contributed by atoms with Crippen molar-refractivity contribution < 1.29 is 22.7 Å². The molecule has 0 heterocycles. The molecule has 4 rings (SSSR count). The third-order valence-corrected chi connectivity index (χ3v) is 8.13. The van der Waals surface area contributed by atoms with Crippen molar-refractivity contribution in [2.45, 2.75) is 32.3 Å². The van der Waals surface area contributed by atoms with Crippen LogP contribution in [-0.2, 0) is 21.4 Å². The van der Waals surface area contributed by atoms with Crippen molar-refractivity contribution in [3.8, 4) is 11.5 Å². The monoisotopic (exact) mass is 571 g/mol. The summed E-state index contributed by atoms with van der Waals surface area (Å²) in [6, 6.07) is 27.1. The van der Waals surface area contributed by atoms with Crippen LogP contribution in [0.25, 0.3) is 0 Å². The van der Waals surface area contributed by atoms with Gasteiger partial charge in [-0.15, -0.1) is 0 Å². The zero-order valence-corrected chi connectivity index (χ0v) is 24.3. The number of amides is 1. The summed E-state index contributed by atoms with van der Waals surface area (Å²) in [4.78, 5) is 13.1. The topological polar surface area (TPSA) is 97.3 Å². The van der Waals surface area contributed by atoms with Crippen molar-refractivity contribution in [3.63, 3.8) is 0 Å². The quantitative estimate of drug-likeness (QED) is 0.188. The van der Waals surface area contributed by atoms with Gasteiger partial charge in [-0.25, -0.2) is 13.8 Å². The second-order valence-electron chi connectivity index (χ2n) is 9.59. The Kier molecular flexibility index (Phi) is 9.41. The summed E-state index contributed by atoms with van der Waals surface area (Å²) in [6.45, 7) is 5.50. The first kappa shape index (κ1) is 29.4. The highest BCUT2D eigenvalue weighted by Crippen LogP contribution is 2.29. The van der Waals surface area contributed by atoms with E-state index >= 15 is 0 Å². The number of aryl methyl sites for hydroxylation is 3. The lowest BCUT2D eigenvalue weighted by Crippen LogP contribution is -2.40. The van der Waals surface area contributed by atoms with E-state index in [-0.39, 0.29) is 4.90 Å². The maximum absolute atomic E-state index is 13.7. The summed E-state index contributed by atoms with van der Waals surface area (Å²) in [5, 5.41) is 4.05. The van der Waals surface area contributed by atoms with Crippen LogP contribution in [0.5, 0.6) is 11.5 Å². The third-order valence-electron chi connectivity index (χ3n) is 6.36. The van der Waals surface area contributed by atoms with Gasteiger partial charge >= 0.3 is 0 Å². The molecular weight excluding hydrogens is 538 g/mol. The number of carbonyl (C=O) groups is 1. The number of nitrogens with one attached hydrogen (secondary N) is 1. The molecule has 0 fully saturated rings. The van der Waals surface area contributed by atoms with Gasteiger partial charge < -0.3 is 9.47 Å². The van der Waals surface area contributed by atoms with Gasteiger partial charge in [-0.05, 0) is 79.4 Å². The number of carbonyl (C=O) groups excluding carboxylic acids is 1. The third kappa shape index (κ3) is 7.52. The maximum atomic E-state index is 13.7. The van der Waals surface area contributed by atoms with E-state index in [1.807, 2.05) is 63.2 Å². The molecule has 0 aliphatic heterocycles. The molecular formula is C32H33N3O5S. The van der Waals surface area contributed by atoms with E-state index in [4.69, 9.17) is 9.47 Å². The number of hydrogen-bond donors (Lipinski definition) is 1. The first-order valence-electron chi connectivity index (χ1n) is 13.0. The molecule has 0 aromatic heterocycles. The number of sulfonamides is 1. The lowest BCUT2D eigenvalue weighted by Gasteiger charge is -2.25. The highest BCUT2D eigenvalue weighted by molar-refractivity contribution is 7.92. The van der Waals surface area contributed by atoms with Crippen LogP contribution in [-0.4, -0.2) is 34.2 Å². The minimum atomic E-state index is -4.03. The molecule has 1 N–H and O–H groups in total. The molecule has 0 saturated heterocycles. The lowest BCUT2D eigenvalue weighted by atomic mass is 10.1. The van der Waals surface area contributed by atoms with E-state index < -0.39 is 22.5 Å². The molecule has 41 heavy (non-hydrogen) atoms. The van der Waals surface area contributed by atoms with Crippen LogP contribution < -0.4 is 19.2 Å². The highest BCUT2D eigenvalue weighted by Gasteiger charge is 2.28. The van der Waals surface area contributed by atoms with Gasteiger partial charge in [0.25, 0.3) is 15.9 Å². The number of ether oxygens (including phenoxy) is 2. The van der Waals surface area contributed by atoms with Crippen LogP contribution >= 0.6 is 0 Å². The van der Waals surface area contributed by atoms with E-state index in [2.05, 4.69) is 10.5 Å². The molecule has 0 saturated carbocycles. The fraction of sp³-hybridized carbons (Fsp3) is 0.188. The minimum Gasteiger partial charge on any atom is -0.493 e. The molecule has 9 heteroatoms. The van der Waals surface area contributed by atoms with Crippen LogP contribution in [0.2, 0.25) is 0 Å². The average Bonchev–Trinajstić information content (AvgIpc) is 2.97. The Balaban J connectivity index is 1.49. The molecule has 0 atom stereocenters. The standard InChI is InChI=1S/C32H33N3O5S/c1-23-11-15-28(16-12-23)41(37,38)35(29-18-24(2)10-13-25(29)3)21-32(36)34-33-20-27-14-17-30(31(19-27)39-4)40-22-26-8-6-5-7-9-26/h5-20H,21-22H2,1-4H3,(H,34,36)/b33-20-. The molecule has 0 bridgehead atoms. The molecule has 0 unspecified atom stereocenters. The molecule has 212 valence electrons. The van der Waals surface area contributed by atoms with E-state index in [1.54, 1.807) is 55.6 Å². The predicted octanol–water partition coefficient (Wildman–Crippen LogP) is 5.55. The van der Waals surface area contributed by atoms with Gasteiger partial charge in [0.15, 0.2) is 11.5 Å². The van der Waals surface area contributed by atoms with E-state index in [9.17, 15) is 13.2 Å². The van der Waals surface area contributed by atoms with Crippen molar-refractivity contribution in [3.05, 3.63) is 119 Å². The number of nitrogens with zero attached hydrogens (tertiary/aromatic N) is 2. The van der Waals surface area contributed by atoms with Crippen LogP contribution in [0.3, 0.4) is 0 Å². The Morgan fingerprint density at radius 2 is 1.59 bits per heavy atom. The molecule has 1 amide bonds. The van der Waals surface area contributed by atoms with Crippen molar-refractivity contribution in [1.29, 1.82) is 0 Å². The van der Waals surface area contributed by atoms with Gasteiger partial charge in [0.1, 0.15) is 13.2 Å². The SMILES string of the molecule is COc1cc(/C=N\NC(=O)CN(c2cc(C)ccc2C)S(=O)(=O)c2ccc(C)cc2)ccc1OCc1ccccc1. The van der Waals surface area contributed by atoms with Crippen molar-refractivity contribution in [1.82, 2.24) is 5.43 Å². The molecule has 0 radical (unpaired) electrons. The van der Waals surface area contributed by atoms with Crippen LogP contribution in [0, 0.1) is 20.8 Å². The fourth-order valence-corrected chi connectivity index (χ4v) is 5.57. The predicted molar refractivity (Wildman–Crippen MR) is 161 cm³/mol. The molecule has 0 aliphatic rings. The van der Waals surface area contributed by atoms with E-state index in [0.29, 0.717) is 29.4 Å². The highest BCUT2D eigenvalue weighted by atomic mass is 32.2. The molecule has 0 aliphatic carbocycles. The summed E-state index contributed by atoms with van der Waals surface area (Å²) in [6.07, 6.45) is 1.46. The largest absolute Gasteiger partial charge is 0.493 e. The number of benzene rings is 4. The number of rotatable bonds is 11. The number of hydrogen-bond acceptors (Lipinski definition) is 6. The fourth-order valence-electron chi connectivity index (χ4n) is 4.09. The zero-order chi connectivity index (χ0) is 29.4. The Morgan fingerprint density at radius 1 is 0.878 bits per heavy atom. The van der Waals surface area contributed by atoms with Gasteiger partial charge in [0, 0.05) is 0 Å². The Bertz CT molecular complexity index is 1640. The number of methoxy groups -OCH3 is 1. The summed E-state index contributed by atoms with van der Waals surface area (Å²) in [5.74, 6) is 0.497. The summed E-state index contributed by atoms with van der Waals surface area (Å²) in [5.41, 5.74) is 7.10. The zero-order valence-electron chi connectivity index (χ0n) is 23.5. The van der Waals surface area contributed by atoms with Crippen molar-refractivity contribution >= 4 is 27.8 Å². The summed E-state index contributed by atoms with van der Waals surface area (Å²) in [7, 11) is -2.49. The van der Waals surface area contributed by atoms with Gasteiger partial charge in [-0.3, -0.25) is 9.10 Å². The Labute approximate surface area is 241 Å². The number of hydrazone groups is 1. The average molecular weight is 572 g/mol. The molecule has 0 spiro atoms. The van der Waals surface area contributed by atoms with Crippen LogP contribution in [0.15, 0.2) is 101 Å². The van der Waals surface area contributed by atoms with Gasteiger partial charge in [0.2, 0.25) is 0 Å². The summed E-state index contributed by atoms with van der Waals surface area (Å²) < 4.78 is 39.8. The smallest absolute Gasteiger partial charge is 0.264 e. The second-order valence-corrected chi connectivity index (χ2v) is 11.5. The minimum absolute atomic E-state index is 0.0991. The Hall–Kier alpha value is -4.63. The molecule has 4 aromatic rings. The second kappa shape index (κ2) is 13.1. The maximum Gasteiger partial charge on any atom is 0.264 e. The van der Waals surface area contributed by atoms with E-state index in [0.717, 1.165) is 26.6 Å². The lowest BCUT2D eigenvalue weighted by molar-refractivity contribution is -0.119. The van der Waals surface area contributed by atoms with Crippen LogP contribution in [0.1, 0.15) is 27.8 Å². The first-order chi connectivity index (χ1) is 19.7. The molecule has 4 aromatic carbocycles. The van der Waals surface area contributed by atoms with Crippen molar-refractivity contribution in [2.75, 3.05) is 18.0 Å². The molecule has 8 nitrogen and oxygen atoms in total. The van der Waals surface area contributed by atoms with Gasteiger partial charge in [-0.1, -0.05) is 60.2 Å². The Morgan fingerprint density at radius 3 is 2.29 bits per heavy atom. The first-order valence-corrected chi connectivity index (χ1v) is 14.4. The van der Waals surface area contributed by atoms with Crippen LogP contribution in [0.4, 0.5) is 5.69 Å². The van der Waals surface area contributed by atoms with E-state index in [1.165, 1.54) is 6.21 Å². The normalized spacial score (nSPS) is 11.3. The summed E-state index contributed by atoms with van der Waals surface area (Å²) >= 11 is 0. The van der Waals surface area contributed by atoms with Gasteiger partial charge in [0.05, 0.1) is 23.9 Å². The van der Waals surface area contributed by atoms with Crippen molar-refractivity contribution in [2.24, 2.45) is 5.10 Å². The van der Waals surface area contributed by atoms with Gasteiger partial charge in [-0.2, -0.15) is 5.10 Å².